The van der Waals surface area contributed by atoms with Crippen molar-refractivity contribution in [3.63, 3.8) is 0 Å². The van der Waals surface area contributed by atoms with Crippen molar-refractivity contribution < 1.29 is 17.5 Å². The van der Waals surface area contributed by atoms with Gasteiger partial charge in [0.05, 0.1) is 12.0 Å². The highest BCUT2D eigenvalue weighted by Crippen LogP contribution is 2.26. The summed E-state index contributed by atoms with van der Waals surface area (Å²) in [5, 5.41) is 0. The zero-order valence-electron chi connectivity index (χ0n) is 17.9. The van der Waals surface area contributed by atoms with Crippen LogP contribution in [0.1, 0.15) is 25.0 Å². The van der Waals surface area contributed by atoms with Crippen LogP contribution in [-0.2, 0) is 10.0 Å². The lowest BCUT2D eigenvalue weighted by Gasteiger charge is -2.35. The van der Waals surface area contributed by atoms with Crippen LogP contribution >= 0.6 is 0 Å². The molecule has 0 saturated carbocycles. The van der Waals surface area contributed by atoms with Gasteiger partial charge in [-0.1, -0.05) is 0 Å². The molecule has 0 unspecified atom stereocenters. The summed E-state index contributed by atoms with van der Waals surface area (Å²) in [6.07, 6.45) is 3.54. The fourth-order valence-corrected chi connectivity index (χ4v) is 5.48. The SMILES string of the molecule is COc1ccc(S(=O)(=O)N2CCN(c3cc(C)nc(N4CCCCC4)n3)CC2)cc1F. The molecule has 0 atom stereocenters. The molecule has 3 heterocycles. The molecule has 0 aliphatic carbocycles. The Balaban J connectivity index is 1.47. The first kappa shape index (κ1) is 21.8. The highest BCUT2D eigenvalue weighted by molar-refractivity contribution is 7.89. The number of hydrogen-bond acceptors (Lipinski definition) is 7. The fraction of sp³-hybridized carbons (Fsp3) is 0.524. The number of sulfonamides is 1. The van der Waals surface area contributed by atoms with Gasteiger partial charge in [-0.2, -0.15) is 9.29 Å². The van der Waals surface area contributed by atoms with Gasteiger partial charge in [0.15, 0.2) is 11.6 Å². The van der Waals surface area contributed by atoms with Crippen molar-refractivity contribution in [1.82, 2.24) is 14.3 Å². The smallest absolute Gasteiger partial charge is 0.243 e. The number of aryl methyl sites for hydroxylation is 1. The average Bonchev–Trinajstić information content (AvgIpc) is 2.79. The summed E-state index contributed by atoms with van der Waals surface area (Å²) in [4.78, 5) is 13.6. The number of halogens is 1. The fourth-order valence-electron chi connectivity index (χ4n) is 4.05. The van der Waals surface area contributed by atoms with Gasteiger partial charge >= 0.3 is 0 Å². The van der Waals surface area contributed by atoms with Crippen LogP contribution in [0.25, 0.3) is 0 Å². The average molecular weight is 450 g/mol. The number of piperazine rings is 1. The van der Waals surface area contributed by atoms with Crippen molar-refractivity contribution in [2.75, 3.05) is 56.2 Å². The number of hydrogen-bond donors (Lipinski definition) is 0. The predicted molar refractivity (Wildman–Crippen MR) is 117 cm³/mol. The Morgan fingerprint density at radius 2 is 1.65 bits per heavy atom. The number of nitrogens with zero attached hydrogens (tertiary/aromatic N) is 5. The van der Waals surface area contributed by atoms with Crippen molar-refractivity contribution >= 4 is 21.8 Å². The van der Waals surface area contributed by atoms with Crippen LogP contribution in [0, 0.1) is 12.7 Å². The third-order valence-electron chi connectivity index (χ3n) is 5.79. The third-order valence-corrected chi connectivity index (χ3v) is 7.69. The van der Waals surface area contributed by atoms with Crippen molar-refractivity contribution in [2.45, 2.75) is 31.1 Å². The summed E-state index contributed by atoms with van der Waals surface area (Å²) in [5.41, 5.74) is 0.898. The van der Waals surface area contributed by atoms with Crippen LogP contribution in [0.5, 0.6) is 5.75 Å². The summed E-state index contributed by atoms with van der Waals surface area (Å²) in [7, 11) is -2.43. The van der Waals surface area contributed by atoms with Crippen LogP contribution in [0.2, 0.25) is 0 Å². The number of anilines is 2. The predicted octanol–water partition coefficient (Wildman–Crippen LogP) is 2.43. The normalized spacial score (nSPS) is 18.3. The first-order valence-electron chi connectivity index (χ1n) is 10.6. The van der Waals surface area contributed by atoms with Gasteiger partial charge in [0, 0.05) is 51.0 Å². The molecular formula is C21H28FN5O3S. The first-order chi connectivity index (χ1) is 14.9. The largest absolute Gasteiger partial charge is 0.494 e. The third kappa shape index (κ3) is 4.59. The molecular weight excluding hydrogens is 421 g/mol. The second-order valence-electron chi connectivity index (χ2n) is 7.90. The highest BCUT2D eigenvalue weighted by atomic mass is 32.2. The minimum atomic E-state index is -3.78. The van der Waals surface area contributed by atoms with Crippen LogP contribution in [-0.4, -0.2) is 69.1 Å². The molecule has 0 N–H and O–H groups in total. The molecule has 0 amide bonds. The molecule has 2 aliphatic heterocycles. The minimum absolute atomic E-state index is 0.0208. The Morgan fingerprint density at radius 3 is 2.29 bits per heavy atom. The van der Waals surface area contributed by atoms with E-state index < -0.39 is 15.8 Å². The summed E-state index contributed by atoms with van der Waals surface area (Å²) in [6.45, 7) is 5.51. The lowest BCUT2D eigenvalue weighted by atomic mass is 10.1. The van der Waals surface area contributed by atoms with E-state index in [1.54, 1.807) is 0 Å². The monoisotopic (exact) mass is 449 g/mol. The molecule has 1 aromatic carbocycles. The van der Waals surface area contributed by atoms with Crippen LogP contribution in [0.4, 0.5) is 16.2 Å². The number of benzene rings is 1. The zero-order chi connectivity index (χ0) is 22.0. The number of ether oxygens (including phenoxy) is 1. The standard InChI is InChI=1S/C21H28FN5O3S/c1-16-14-20(24-21(23-16)26-8-4-3-5-9-26)25-10-12-27(13-11-25)31(28,29)17-6-7-19(30-2)18(22)15-17/h6-7,14-15H,3-5,8-13H2,1-2H3. The quantitative estimate of drug-likeness (QED) is 0.694. The molecule has 0 bridgehead atoms. The van der Waals surface area contributed by atoms with E-state index in [9.17, 15) is 12.8 Å². The van der Waals surface area contributed by atoms with E-state index in [4.69, 9.17) is 9.72 Å². The summed E-state index contributed by atoms with van der Waals surface area (Å²) in [6, 6.07) is 5.67. The molecule has 10 heteroatoms. The topological polar surface area (TPSA) is 78.9 Å². The maximum atomic E-state index is 14.0. The van der Waals surface area contributed by atoms with E-state index >= 15 is 0 Å². The van der Waals surface area contributed by atoms with Gasteiger partial charge in [0.1, 0.15) is 5.82 Å². The van der Waals surface area contributed by atoms with E-state index in [-0.39, 0.29) is 10.6 Å². The maximum absolute atomic E-state index is 14.0. The molecule has 0 spiro atoms. The van der Waals surface area contributed by atoms with Gasteiger partial charge in [0.25, 0.3) is 0 Å². The van der Waals surface area contributed by atoms with E-state index in [0.29, 0.717) is 26.2 Å². The maximum Gasteiger partial charge on any atom is 0.243 e. The first-order valence-corrected chi connectivity index (χ1v) is 12.0. The van der Waals surface area contributed by atoms with Gasteiger partial charge in [-0.15, -0.1) is 0 Å². The summed E-state index contributed by atoms with van der Waals surface area (Å²) >= 11 is 0. The van der Waals surface area contributed by atoms with Crippen molar-refractivity contribution in [2.24, 2.45) is 0 Å². The molecule has 2 saturated heterocycles. The Morgan fingerprint density at radius 1 is 0.935 bits per heavy atom. The Labute approximate surface area is 182 Å². The number of aromatic nitrogens is 2. The zero-order valence-corrected chi connectivity index (χ0v) is 18.7. The molecule has 0 radical (unpaired) electrons. The van der Waals surface area contributed by atoms with Crippen LogP contribution in [0.3, 0.4) is 0 Å². The van der Waals surface area contributed by atoms with Gasteiger partial charge in [-0.3, -0.25) is 0 Å². The lowest BCUT2D eigenvalue weighted by molar-refractivity contribution is 0.379. The Kier molecular flexibility index (Phi) is 6.29. The summed E-state index contributed by atoms with van der Waals surface area (Å²) in [5.74, 6) is 0.899. The van der Waals surface area contributed by atoms with Gasteiger partial charge in [0.2, 0.25) is 16.0 Å². The van der Waals surface area contributed by atoms with E-state index in [2.05, 4.69) is 14.8 Å². The molecule has 2 fully saturated rings. The Bertz CT molecular complexity index is 1040. The molecule has 8 nitrogen and oxygen atoms in total. The van der Waals surface area contributed by atoms with Gasteiger partial charge in [-0.05, 0) is 44.4 Å². The van der Waals surface area contributed by atoms with Gasteiger partial charge < -0.3 is 14.5 Å². The van der Waals surface area contributed by atoms with E-state index in [0.717, 1.165) is 49.5 Å². The van der Waals surface area contributed by atoms with Crippen molar-refractivity contribution in [3.05, 3.63) is 35.8 Å². The van der Waals surface area contributed by atoms with Crippen molar-refractivity contribution in [3.8, 4) is 5.75 Å². The van der Waals surface area contributed by atoms with E-state index in [1.807, 2.05) is 13.0 Å². The molecule has 31 heavy (non-hydrogen) atoms. The highest BCUT2D eigenvalue weighted by Gasteiger charge is 2.30. The molecule has 4 rings (SSSR count). The minimum Gasteiger partial charge on any atom is -0.494 e. The molecule has 168 valence electrons. The lowest BCUT2D eigenvalue weighted by Crippen LogP contribution is -2.49. The Hall–Kier alpha value is -2.46. The number of rotatable bonds is 5. The van der Waals surface area contributed by atoms with Gasteiger partial charge in [-0.25, -0.2) is 17.8 Å². The molecule has 1 aromatic heterocycles. The second kappa shape index (κ2) is 8.96. The van der Waals surface area contributed by atoms with Crippen LogP contribution in [0.15, 0.2) is 29.2 Å². The number of methoxy groups -OCH3 is 1. The van der Waals surface area contributed by atoms with E-state index in [1.165, 1.54) is 30.0 Å². The molecule has 2 aliphatic rings. The second-order valence-corrected chi connectivity index (χ2v) is 9.84. The number of piperidine rings is 1. The van der Waals surface area contributed by atoms with Crippen LogP contribution < -0.4 is 14.5 Å². The molecule has 2 aromatic rings. The summed E-state index contributed by atoms with van der Waals surface area (Å²) < 4.78 is 46.2. The van der Waals surface area contributed by atoms with Crippen molar-refractivity contribution in [1.29, 1.82) is 0 Å².